The van der Waals surface area contributed by atoms with Crippen LogP contribution in [0.5, 0.6) is 0 Å². The van der Waals surface area contributed by atoms with Crippen LogP contribution < -0.4 is 0 Å². The molecule has 1 unspecified atom stereocenters. The van der Waals surface area contributed by atoms with Gasteiger partial charge < -0.3 is 9.52 Å². The smallest absolute Gasteiger partial charge is 0.230 e. The summed E-state index contributed by atoms with van der Waals surface area (Å²) in [7, 11) is 0. The maximum atomic E-state index is 11.7. The molecule has 0 spiro atoms. The van der Waals surface area contributed by atoms with Gasteiger partial charge in [-0.3, -0.25) is 4.79 Å². The number of rotatable bonds is 3. The van der Waals surface area contributed by atoms with E-state index in [0.29, 0.717) is 5.56 Å². The first-order chi connectivity index (χ1) is 7.29. The third kappa shape index (κ3) is 1.97. The SMILES string of the molecule is O=C(c1ccco1)C(O)c1ccccc1. The Morgan fingerprint density at radius 3 is 2.47 bits per heavy atom. The first-order valence-corrected chi connectivity index (χ1v) is 4.60. The predicted molar refractivity (Wildman–Crippen MR) is 54.4 cm³/mol. The van der Waals surface area contributed by atoms with E-state index in [2.05, 4.69) is 0 Å². The molecular formula is C12H10O3. The molecule has 0 saturated heterocycles. The minimum Gasteiger partial charge on any atom is -0.461 e. The van der Waals surface area contributed by atoms with Crippen LogP contribution >= 0.6 is 0 Å². The topological polar surface area (TPSA) is 50.4 Å². The van der Waals surface area contributed by atoms with Crippen molar-refractivity contribution in [2.45, 2.75) is 6.10 Å². The van der Waals surface area contributed by atoms with Gasteiger partial charge in [-0.05, 0) is 17.7 Å². The molecule has 15 heavy (non-hydrogen) atoms. The summed E-state index contributed by atoms with van der Waals surface area (Å²) in [4.78, 5) is 11.7. The van der Waals surface area contributed by atoms with Crippen LogP contribution in [0.4, 0.5) is 0 Å². The fourth-order valence-corrected chi connectivity index (χ4v) is 1.34. The van der Waals surface area contributed by atoms with Crippen molar-refractivity contribution >= 4 is 5.78 Å². The van der Waals surface area contributed by atoms with Crippen LogP contribution in [0.3, 0.4) is 0 Å². The molecule has 0 amide bonds. The van der Waals surface area contributed by atoms with E-state index in [1.54, 1.807) is 30.3 Å². The van der Waals surface area contributed by atoms with Crippen molar-refractivity contribution in [2.75, 3.05) is 0 Å². The minimum atomic E-state index is -1.16. The van der Waals surface area contributed by atoms with Crippen molar-refractivity contribution in [1.29, 1.82) is 0 Å². The van der Waals surface area contributed by atoms with Crippen molar-refractivity contribution in [1.82, 2.24) is 0 Å². The summed E-state index contributed by atoms with van der Waals surface area (Å²) in [5, 5.41) is 9.75. The Labute approximate surface area is 87.0 Å². The predicted octanol–water partition coefficient (Wildman–Crippen LogP) is 2.20. The number of hydrogen-bond donors (Lipinski definition) is 1. The molecule has 1 N–H and O–H groups in total. The quantitative estimate of drug-likeness (QED) is 0.776. The first kappa shape index (κ1) is 9.68. The second-order valence-electron chi connectivity index (χ2n) is 3.15. The van der Waals surface area contributed by atoms with Crippen molar-refractivity contribution in [3.05, 3.63) is 60.1 Å². The summed E-state index contributed by atoms with van der Waals surface area (Å²) in [6.07, 6.45) is 0.252. The largest absolute Gasteiger partial charge is 0.461 e. The standard InChI is InChI=1S/C12H10O3/c13-11(9-5-2-1-3-6-9)12(14)10-7-4-8-15-10/h1-8,11,13H. The molecule has 1 atom stereocenters. The summed E-state index contributed by atoms with van der Waals surface area (Å²) in [6, 6.07) is 11.9. The molecule has 0 aliphatic rings. The van der Waals surface area contributed by atoms with E-state index in [0.717, 1.165) is 0 Å². The van der Waals surface area contributed by atoms with Crippen molar-refractivity contribution in [3.63, 3.8) is 0 Å². The Bertz CT molecular complexity index is 431. The number of carbonyl (C=O) groups excluding carboxylic acids is 1. The van der Waals surface area contributed by atoms with Crippen molar-refractivity contribution in [3.8, 4) is 0 Å². The Morgan fingerprint density at radius 1 is 1.13 bits per heavy atom. The lowest BCUT2D eigenvalue weighted by atomic mass is 10.0. The molecule has 2 aromatic rings. The van der Waals surface area contributed by atoms with Crippen LogP contribution in [-0.4, -0.2) is 10.9 Å². The highest BCUT2D eigenvalue weighted by atomic mass is 16.3. The molecule has 1 aromatic carbocycles. The van der Waals surface area contributed by atoms with Crippen LogP contribution in [0.2, 0.25) is 0 Å². The molecule has 0 fully saturated rings. The zero-order chi connectivity index (χ0) is 10.7. The number of ketones is 1. The van der Waals surface area contributed by atoms with Gasteiger partial charge in [-0.25, -0.2) is 0 Å². The third-order valence-electron chi connectivity index (χ3n) is 2.13. The van der Waals surface area contributed by atoms with Gasteiger partial charge in [0, 0.05) is 0 Å². The highest BCUT2D eigenvalue weighted by Gasteiger charge is 2.20. The van der Waals surface area contributed by atoms with E-state index in [1.165, 1.54) is 12.3 Å². The molecule has 1 aromatic heterocycles. The molecule has 0 bridgehead atoms. The number of aliphatic hydroxyl groups excluding tert-OH is 1. The zero-order valence-electron chi connectivity index (χ0n) is 7.96. The molecule has 3 nitrogen and oxygen atoms in total. The van der Waals surface area contributed by atoms with E-state index < -0.39 is 11.9 Å². The van der Waals surface area contributed by atoms with Gasteiger partial charge in [0.05, 0.1) is 6.26 Å². The van der Waals surface area contributed by atoms with E-state index in [-0.39, 0.29) is 5.76 Å². The third-order valence-corrected chi connectivity index (χ3v) is 2.13. The number of Topliss-reactive ketones (excluding diaryl/α,β-unsaturated/α-hetero) is 1. The van der Waals surface area contributed by atoms with Crippen LogP contribution in [0.15, 0.2) is 53.1 Å². The molecular weight excluding hydrogens is 192 g/mol. The van der Waals surface area contributed by atoms with Crippen LogP contribution in [0, 0.1) is 0 Å². The fraction of sp³-hybridized carbons (Fsp3) is 0.0833. The van der Waals surface area contributed by atoms with Crippen molar-refractivity contribution in [2.24, 2.45) is 0 Å². The number of aliphatic hydroxyl groups is 1. The lowest BCUT2D eigenvalue weighted by molar-refractivity contribution is 0.0718. The van der Waals surface area contributed by atoms with E-state index in [1.807, 2.05) is 6.07 Å². The van der Waals surface area contributed by atoms with Gasteiger partial charge in [-0.1, -0.05) is 30.3 Å². The van der Waals surface area contributed by atoms with Gasteiger partial charge in [0.2, 0.25) is 5.78 Å². The highest BCUT2D eigenvalue weighted by molar-refractivity contribution is 5.97. The molecule has 0 radical (unpaired) electrons. The molecule has 76 valence electrons. The Hall–Kier alpha value is -1.87. The molecule has 0 aliphatic carbocycles. The molecule has 1 heterocycles. The monoisotopic (exact) mass is 202 g/mol. The zero-order valence-corrected chi connectivity index (χ0v) is 7.96. The van der Waals surface area contributed by atoms with Gasteiger partial charge in [0.25, 0.3) is 0 Å². The lowest BCUT2D eigenvalue weighted by Crippen LogP contribution is -2.11. The van der Waals surface area contributed by atoms with Gasteiger partial charge >= 0.3 is 0 Å². The molecule has 3 heteroatoms. The average Bonchev–Trinajstić information content (AvgIpc) is 2.82. The number of hydrogen-bond acceptors (Lipinski definition) is 3. The number of benzene rings is 1. The molecule has 0 saturated carbocycles. The van der Waals surface area contributed by atoms with Gasteiger partial charge in [0.1, 0.15) is 6.10 Å². The Kier molecular flexibility index (Phi) is 2.65. The van der Waals surface area contributed by atoms with Gasteiger partial charge in [-0.15, -0.1) is 0 Å². The summed E-state index contributed by atoms with van der Waals surface area (Å²) < 4.78 is 4.93. The average molecular weight is 202 g/mol. The van der Waals surface area contributed by atoms with Crippen LogP contribution in [-0.2, 0) is 0 Å². The number of carbonyl (C=O) groups is 1. The van der Waals surface area contributed by atoms with E-state index in [9.17, 15) is 9.90 Å². The van der Waals surface area contributed by atoms with E-state index >= 15 is 0 Å². The van der Waals surface area contributed by atoms with Crippen LogP contribution in [0.25, 0.3) is 0 Å². The first-order valence-electron chi connectivity index (χ1n) is 4.60. The summed E-state index contributed by atoms with van der Waals surface area (Å²) in [5.74, 6) is -0.252. The van der Waals surface area contributed by atoms with Gasteiger partial charge in [-0.2, -0.15) is 0 Å². The summed E-state index contributed by atoms with van der Waals surface area (Å²) >= 11 is 0. The van der Waals surface area contributed by atoms with Crippen molar-refractivity contribution < 1.29 is 14.3 Å². The van der Waals surface area contributed by atoms with E-state index in [4.69, 9.17) is 4.42 Å². The molecule has 0 aliphatic heterocycles. The Morgan fingerprint density at radius 2 is 1.87 bits per heavy atom. The normalized spacial score (nSPS) is 12.3. The van der Waals surface area contributed by atoms with Crippen LogP contribution in [0.1, 0.15) is 22.2 Å². The highest BCUT2D eigenvalue weighted by Crippen LogP contribution is 2.17. The molecule has 2 rings (SSSR count). The Balaban J connectivity index is 2.23. The maximum Gasteiger partial charge on any atom is 0.230 e. The lowest BCUT2D eigenvalue weighted by Gasteiger charge is -2.07. The second kappa shape index (κ2) is 4.11. The summed E-state index contributed by atoms with van der Waals surface area (Å²) in [6.45, 7) is 0. The second-order valence-corrected chi connectivity index (χ2v) is 3.15. The number of furan rings is 1. The maximum absolute atomic E-state index is 11.7. The minimum absolute atomic E-state index is 0.173. The summed E-state index contributed by atoms with van der Waals surface area (Å²) in [5.41, 5.74) is 0.568. The van der Waals surface area contributed by atoms with Gasteiger partial charge in [0.15, 0.2) is 5.76 Å². The fourth-order valence-electron chi connectivity index (χ4n) is 1.34.